The predicted octanol–water partition coefficient (Wildman–Crippen LogP) is 1.55. The first kappa shape index (κ1) is 12.2. The summed E-state index contributed by atoms with van der Waals surface area (Å²) in [6.45, 7) is 6.63. The second kappa shape index (κ2) is 5.80. The lowest BCUT2D eigenvalue weighted by molar-refractivity contribution is 0.0930. The fraction of sp³-hybridized carbons (Fsp3) is 0.889. The maximum atomic E-state index is 11.1. The van der Waals surface area contributed by atoms with E-state index in [1.807, 2.05) is 20.8 Å². The fourth-order valence-corrected chi connectivity index (χ4v) is 0.618. The Morgan fingerprint density at radius 2 is 2.00 bits per heavy atom. The van der Waals surface area contributed by atoms with Gasteiger partial charge in [0.2, 0.25) is 0 Å². The van der Waals surface area contributed by atoms with Crippen molar-refractivity contribution >= 4 is 6.09 Å². The van der Waals surface area contributed by atoms with Crippen LogP contribution in [0.15, 0.2) is 0 Å². The summed E-state index contributed by atoms with van der Waals surface area (Å²) in [6, 6.07) is 0. The summed E-state index contributed by atoms with van der Waals surface area (Å²) < 4.78 is 9.59. The van der Waals surface area contributed by atoms with Gasteiger partial charge in [-0.05, 0) is 20.3 Å². The van der Waals surface area contributed by atoms with Gasteiger partial charge >= 0.3 is 6.09 Å². The van der Waals surface area contributed by atoms with Crippen LogP contribution in [-0.4, -0.2) is 32.0 Å². The second-order valence-corrected chi connectivity index (χ2v) is 3.49. The van der Waals surface area contributed by atoms with Crippen LogP contribution in [0.2, 0.25) is 0 Å². The number of rotatable bonds is 5. The molecule has 0 radical (unpaired) electrons. The van der Waals surface area contributed by atoms with Crippen molar-refractivity contribution in [1.29, 1.82) is 0 Å². The first-order chi connectivity index (χ1) is 6.02. The molecule has 0 spiro atoms. The lowest BCUT2D eigenvalue weighted by Gasteiger charge is -2.23. The smallest absolute Gasteiger partial charge is 0.407 e. The van der Waals surface area contributed by atoms with E-state index in [2.05, 4.69) is 5.32 Å². The molecule has 4 nitrogen and oxygen atoms in total. The summed E-state index contributed by atoms with van der Waals surface area (Å²) in [4.78, 5) is 11.1. The van der Waals surface area contributed by atoms with Crippen LogP contribution >= 0.6 is 0 Å². The number of hydrogen-bond donors (Lipinski definition) is 1. The molecule has 0 saturated heterocycles. The Balaban J connectivity index is 3.62. The SMILES string of the molecule is CCC(C)(C)NC(=O)OCCOC. The summed E-state index contributed by atoms with van der Waals surface area (Å²) in [5.74, 6) is 0. The molecule has 0 aromatic rings. The number of nitrogens with one attached hydrogen (secondary N) is 1. The van der Waals surface area contributed by atoms with Gasteiger partial charge in [0.05, 0.1) is 6.61 Å². The van der Waals surface area contributed by atoms with Gasteiger partial charge < -0.3 is 14.8 Å². The Hall–Kier alpha value is -0.770. The van der Waals surface area contributed by atoms with Crippen LogP contribution in [0, 0.1) is 0 Å². The van der Waals surface area contributed by atoms with Gasteiger partial charge in [0, 0.05) is 12.6 Å². The highest BCUT2D eigenvalue weighted by atomic mass is 16.6. The molecule has 0 atom stereocenters. The number of amides is 1. The normalized spacial score (nSPS) is 11.1. The monoisotopic (exact) mass is 189 g/mol. The van der Waals surface area contributed by atoms with E-state index in [0.29, 0.717) is 13.2 Å². The Morgan fingerprint density at radius 1 is 1.38 bits per heavy atom. The van der Waals surface area contributed by atoms with Crippen molar-refractivity contribution in [2.45, 2.75) is 32.7 Å². The number of alkyl carbamates (subject to hydrolysis) is 1. The molecule has 4 heteroatoms. The van der Waals surface area contributed by atoms with Crippen molar-refractivity contribution in [3.05, 3.63) is 0 Å². The van der Waals surface area contributed by atoms with Crippen LogP contribution in [0.4, 0.5) is 4.79 Å². The van der Waals surface area contributed by atoms with Crippen LogP contribution in [0.5, 0.6) is 0 Å². The van der Waals surface area contributed by atoms with E-state index in [4.69, 9.17) is 9.47 Å². The zero-order valence-corrected chi connectivity index (χ0v) is 8.85. The fourth-order valence-electron chi connectivity index (χ4n) is 0.618. The molecule has 0 heterocycles. The van der Waals surface area contributed by atoms with Gasteiger partial charge in [0.25, 0.3) is 0 Å². The van der Waals surface area contributed by atoms with Gasteiger partial charge in [-0.15, -0.1) is 0 Å². The first-order valence-corrected chi connectivity index (χ1v) is 4.45. The summed E-state index contributed by atoms with van der Waals surface area (Å²) in [5.41, 5.74) is -0.204. The highest BCUT2D eigenvalue weighted by Crippen LogP contribution is 2.06. The lowest BCUT2D eigenvalue weighted by atomic mass is 10.0. The molecule has 0 aromatic heterocycles. The molecule has 1 N–H and O–H groups in total. The third-order valence-electron chi connectivity index (χ3n) is 1.84. The minimum atomic E-state index is -0.385. The van der Waals surface area contributed by atoms with E-state index in [9.17, 15) is 4.79 Å². The quantitative estimate of drug-likeness (QED) is 0.667. The van der Waals surface area contributed by atoms with E-state index in [1.54, 1.807) is 7.11 Å². The molecule has 13 heavy (non-hydrogen) atoms. The zero-order chi connectivity index (χ0) is 10.3. The van der Waals surface area contributed by atoms with Gasteiger partial charge in [-0.3, -0.25) is 0 Å². The molecular weight excluding hydrogens is 170 g/mol. The number of methoxy groups -OCH3 is 1. The second-order valence-electron chi connectivity index (χ2n) is 3.49. The lowest BCUT2D eigenvalue weighted by Crippen LogP contribution is -2.43. The predicted molar refractivity (Wildman–Crippen MR) is 50.7 cm³/mol. The van der Waals surface area contributed by atoms with E-state index in [0.717, 1.165) is 6.42 Å². The standard InChI is InChI=1S/C9H19NO3/c1-5-9(2,3)10-8(11)13-7-6-12-4/h5-7H2,1-4H3,(H,10,11). The van der Waals surface area contributed by atoms with Crippen molar-refractivity contribution in [3.8, 4) is 0 Å². The third-order valence-corrected chi connectivity index (χ3v) is 1.84. The average Bonchev–Trinajstić information content (AvgIpc) is 2.04. The first-order valence-electron chi connectivity index (χ1n) is 4.45. The van der Waals surface area contributed by atoms with Gasteiger partial charge in [-0.25, -0.2) is 4.79 Å². The maximum Gasteiger partial charge on any atom is 0.407 e. The molecular formula is C9H19NO3. The molecule has 0 fully saturated rings. The highest BCUT2D eigenvalue weighted by Gasteiger charge is 2.18. The topological polar surface area (TPSA) is 47.6 Å². The molecule has 0 saturated carbocycles. The van der Waals surface area contributed by atoms with Crippen LogP contribution in [-0.2, 0) is 9.47 Å². The number of carbonyl (C=O) groups excluding carboxylic acids is 1. The summed E-state index contributed by atoms with van der Waals surface area (Å²) in [5, 5.41) is 2.75. The molecule has 0 bridgehead atoms. The number of carbonyl (C=O) groups is 1. The van der Waals surface area contributed by atoms with Crippen molar-refractivity contribution in [2.75, 3.05) is 20.3 Å². The Kier molecular flexibility index (Phi) is 5.46. The number of hydrogen-bond acceptors (Lipinski definition) is 3. The number of ether oxygens (including phenoxy) is 2. The molecule has 0 aliphatic heterocycles. The Morgan fingerprint density at radius 3 is 2.46 bits per heavy atom. The molecule has 0 unspecified atom stereocenters. The van der Waals surface area contributed by atoms with E-state index in [1.165, 1.54) is 0 Å². The Labute approximate surface area is 79.6 Å². The van der Waals surface area contributed by atoms with Crippen LogP contribution < -0.4 is 5.32 Å². The summed E-state index contributed by atoms with van der Waals surface area (Å²) in [7, 11) is 1.57. The summed E-state index contributed by atoms with van der Waals surface area (Å²) in [6.07, 6.45) is 0.482. The largest absolute Gasteiger partial charge is 0.447 e. The van der Waals surface area contributed by atoms with Crippen molar-refractivity contribution in [2.24, 2.45) is 0 Å². The average molecular weight is 189 g/mol. The van der Waals surface area contributed by atoms with E-state index < -0.39 is 0 Å². The molecule has 1 amide bonds. The van der Waals surface area contributed by atoms with Gasteiger partial charge in [-0.2, -0.15) is 0 Å². The van der Waals surface area contributed by atoms with E-state index in [-0.39, 0.29) is 11.6 Å². The van der Waals surface area contributed by atoms with Crippen molar-refractivity contribution in [3.63, 3.8) is 0 Å². The van der Waals surface area contributed by atoms with Crippen molar-refractivity contribution in [1.82, 2.24) is 5.32 Å². The van der Waals surface area contributed by atoms with Crippen LogP contribution in [0.1, 0.15) is 27.2 Å². The summed E-state index contributed by atoms with van der Waals surface area (Å²) >= 11 is 0. The molecule has 0 rings (SSSR count). The highest BCUT2D eigenvalue weighted by molar-refractivity contribution is 5.68. The third kappa shape index (κ3) is 6.40. The Bertz CT molecular complexity index is 157. The van der Waals surface area contributed by atoms with Gasteiger partial charge in [0.15, 0.2) is 0 Å². The maximum absolute atomic E-state index is 11.1. The van der Waals surface area contributed by atoms with E-state index >= 15 is 0 Å². The van der Waals surface area contributed by atoms with Crippen LogP contribution in [0.25, 0.3) is 0 Å². The molecule has 0 aliphatic carbocycles. The van der Waals surface area contributed by atoms with Gasteiger partial charge in [-0.1, -0.05) is 6.92 Å². The minimum absolute atomic E-state index is 0.204. The zero-order valence-electron chi connectivity index (χ0n) is 8.85. The van der Waals surface area contributed by atoms with Gasteiger partial charge in [0.1, 0.15) is 6.61 Å². The molecule has 0 aliphatic rings. The molecule has 78 valence electrons. The van der Waals surface area contributed by atoms with Crippen LogP contribution in [0.3, 0.4) is 0 Å². The van der Waals surface area contributed by atoms with Crippen molar-refractivity contribution < 1.29 is 14.3 Å². The molecule has 0 aromatic carbocycles. The minimum Gasteiger partial charge on any atom is -0.447 e.